The zero-order valence-corrected chi connectivity index (χ0v) is 9.57. The molecule has 0 spiro atoms. The number of hydrogen-bond acceptors (Lipinski definition) is 2. The van der Waals surface area contributed by atoms with E-state index in [0.717, 1.165) is 0 Å². The van der Waals surface area contributed by atoms with E-state index in [4.69, 9.17) is 23.2 Å². The van der Waals surface area contributed by atoms with Gasteiger partial charge >= 0.3 is 0 Å². The van der Waals surface area contributed by atoms with Crippen LogP contribution < -0.4 is 4.57 Å². The summed E-state index contributed by atoms with van der Waals surface area (Å²) in [6.45, 7) is 0. The number of benzene rings is 1. The topological polar surface area (TPSA) is 44.3 Å². The van der Waals surface area contributed by atoms with E-state index in [2.05, 4.69) is 0 Å². The first-order valence-corrected chi connectivity index (χ1v) is 5.23. The molecule has 2 N–H and O–H groups in total. The summed E-state index contributed by atoms with van der Waals surface area (Å²) in [6, 6.07) is 6.77. The van der Waals surface area contributed by atoms with Crippen molar-refractivity contribution in [3.05, 3.63) is 46.7 Å². The number of halogens is 2. The smallest absolute Gasteiger partial charge is 0.258 e. The average Bonchev–Trinajstić information content (AvgIpc) is 2.32. The quantitative estimate of drug-likeness (QED) is 0.609. The summed E-state index contributed by atoms with van der Waals surface area (Å²) >= 11 is 11.5. The molecule has 0 saturated heterocycles. The number of aromatic hydroxyl groups is 2. The summed E-state index contributed by atoms with van der Waals surface area (Å²) < 4.78 is 1.62. The van der Waals surface area contributed by atoms with Crippen molar-refractivity contribution in [3.63, 3.8) is 0 Å². The van der Waals surface area contributed by atoms with Crippen LogP contribution in [0.5, 0.6) is 11.5 Å². The number of aromatic nitrogens is 1. The highest BCUT2D eigenvalue weighted by Gasteiger charge is 2.20. The van der Waals surface area contributed by atoms with E-state index in [1.807, 2.05) is 6.07 Å². The summed E-state index contributed by atoms with van der Waals surface area (Å²) in [5.74, 6) is -0.337. The zero-order valence-electron chi connectivity index (χ0n) is 8.06. The fourth-order valence-corrected chi connectivity index (χ4v) is 1.68. The summed E-state index contributed by atoms with van der Waals surface area (Å²) in [4.78, 5) is 0. The maximum Gasteiger partial charge on any atom is 0.258 e. The molecule has 2 rings (SSSR count). The van der Waals surface area contributed by atoms with Crippen LogP contribution in [0.15, 0.2) is 36.7 Å². The van der Waals surface area contributed by atoms with Gasteiger partial charge in [0.1, 0.15) is 15.8 Å². The van der Waals surface area contributed by atoms with E-state index in [1.54, 1.807) is 29.1 Å². The van der Waals surface area contributed by atoms with E-state index in [0.29, 0.717) is 5.69 Å². The molecule has 0 amide bonds. The van der Waals surface area contributed by atoms with Crippen molar-refractivity contribution in [3.8, 4) is 17.2 Å². The monoisotopic (exact) mass is 256 g/mol. The highest BCUT2D eigenvalue weighted by atomic mass is 35.5. The van der Waals surface area contributed by atoms with Crippen LogP contribution in [-0.4, -0.2) is 10.2 Å². The van der Waals surface area contributed by atoms with Crippen molar-refractivity contribution in [1.82, 2.24) is 0 Å². The molecule has 0 bridgehead atoms. The van der Waals surface area contributed by atoms with Gasteiger partial charge in [-0.1, -0.05) is 29.3 Å². The number of rotatable bonds is 1. The fourth-order valence-electron chi connectivity index (χ4n) is 1.35. The van der Waals surface area contributed by atoms with Gasteiger partial charge in [-0.3, -0.25) is 0 Å². The van der Waals surface area contributed by atoms with Gasteiger partial charge < -0.3 is 10.2 Å². The van der Waals surface area contributed by atoms with E-state index >= 15 is 0 Å². The first-order valence-electron chi connectivity index (χ1n) is 4.48. The molecule has 0 unspecified atom stereocenters. The maximum absolute atomic E-state index is 9.81. The van der Waals surface area contributed by atoms with Crippen molar-refractivity contribution >= 4 is 23.2 Å². The Hall–Kier alpha value is -1.45. The van der Waals surface area contributed by atoms with Gasteiger partial charge in [-0.15, -0.1) is 0 Å². The predicted octanol–water partition coefficient (Wildman–Crippen LogP) is 2.68. The lowest BCUT2D eigenvalue weighted by Crippen LogP contribution is -2.29. The van der Waals surface area contributed by atoms with Gasteiger partial charge in [0.05, 0.1) is 6.07 Å². The minimum atomic E-state index is -0.171. The molecule has 82 valence electrons. The molecule has 0 aliphatic heterocycles. The van der Waals surface area contributed by atoms with Gasteiger partial charge in [0.2, 0.25) is 5.75 Å². The Bertz CT molecular complexity index is 529. The summed E-state index contributed by atoms with van der Waals surface area (Å²) in [6.07, 6.45) is 3.44. The Kier molecular flexibility index (Phi) is 2.90. The Balaban J connectivity index is 2.68. The molecule has 5 heteroatoms. The van der Waals surface area contributed by atoms with E-state index in [1.165, 1.54) is 6.07 Å². The third kappa shape index (κ3) is 1.79. The van der Waals surface area contributed by atoms with Crippen LogP contribution in [0.1, 0.15) is 0 Å². The molecule has 1 heterocycles. The highest BCUT2D eigenvalue weighted by Crippen LogP contribution is 2.40. The maximum atomic E-state index is 9.81. The second kappa shape index (κ2) is 4.20. The van der Waals surface area contributed by atoms with Gasteiger partial charge in [0.25, 0.3) is 5.69 Å². The van der Waals surface area contributed by atoms with Crippen LogP contribution >= 0.6 is 23.2 Å². The third-order valence-electron chi connectivity index (χ3n) is 2.14. The lowest BCUT2D eigenvalue weighted by molar-refractivity contribution is -0.596. The molecule has 0 saturated carbocycles. The third-order valence-corrected chi connectivity index (χ3v) is 2.98. The molecular formula is C11H8Cl2NO2+. The normalized spacial score (nSPS) is 10.4. The largest absolute Gasteiger partial charge is 0.506 e. The molecule has 1 aromatic carbocycles. The second-order valence-electron chi connectivity index (χ2n) is 3.17. The number of hydrogen-bond donors (Lipinski definition) is 2. The number of phenols is 2. The van der Waals surface area contributed by atoms with Gasteiger partial charge in [0, 0.05) is 12.1 Å². The van der Waals surface area contributed by atoms with Crippen LogP contribution in [0.25, 0.3) is 5.69 Å². The van der Waals surface area contributed by atoms with Crippen LogP contribution in [-0.2, 0) is 0 Å². The van der Waals surface area contributed by atoms with Crippen molar-refractivity contribution in [2.75, 3.05) is 0 Å². The minimum absolute atomic E-state index is 0.0561. The molecule has 2 aromatic rings. The van der Waals surface area contributed by atoms with Gasteiger partial charge in [-0.05, 0) is 0 Å². The highest BCUT2D eigenvalue weighted by molar-refractivity contribution is 6.44. The van der Waals surface area contributed by atoms with E-state index < -0.39 is 0 Å². The minimum Gasteiger partial charge on any atom is -0.506 e. The Morgan fingerprint density at radius 1 is 0.938 bits per heavy atom. The van der Waals surface area contributed by atoms with Gasteiger partial charge in [0.15, 0.2) is 12.4 Å². The lowest BCUT2D eigenvalue weighted by Gasteiger charge is -2.04. The van der Waals surface area contributed by atoms with Gasteiger partial charge in [-0.25, -0.2) is 0 Å². The molecular weight excluding hydrogens is 249 g/mol. The Labute approximate surface area is 102 Å². The summed E-state index contributed by atoms with van der Waals surface area (Å²) in [7, 11) is 0. The van der Waals surface area contributed by atoms with Crippen molar-refractivity contribution in [2.45, 2.75) is 0 Å². The fraction of sp³-hybridized carbons (Fsp3) is 0. The van der Waals surface area contributed by atoms with Crippen molar-refractivity contribution in [2.24, 2.45) is 0 Å². The Morgan fingerprint density at radius 3 is 2.19 bits per heavy atom. The van der Waals surface area contributed by atoms with E-state index in [-0.39, 0.29) is 21.5 Å². The standard InChI is InChI=1S/C11H7Cl2NO2/c12-9-8(15)6-7(11(16)10(9)13)14-4-2-1-3-5-14/h1-6H,(H-,15,16)/p+1. The number of nitrogens with zero attached hydrogens (tertiary/aromatic N) is 1. The first kappa shape index (κ1) is 11.0. The van der Waals surface area contributed by atoms with Crippen LogP contribution in [0.4, 0.5) is 0 Å². The second-order valence-corrected chi connectivity index (χ2v) is 3.93. The molecule has 0 atom stereocenters. The lowest BCUT2D eigenvalue weighted by atomic mass is 10.2. The molecule has 16 heavy (non-hydrogen) atoms. The molecule has 0 aliphatic carbocycles. The van der Waals surface area contributed by atoms with Crippen LogP contribution in [0.2, 0.25) is 10.0 Å². The molecule has 0 fully saturated rings. The predicted molar refractivity (Wildman–Crippen MR) is 61.3 cm³/mol. The van der Waals surface area contributed by atoms with Crippen LogP contribution in [0.3, 0.4) is 0 Å². The molecule has 0 radical (unpaired) electrons. The first-order chi connectivity index (χ1) is 7.61. The van der Waals surface area contributed by atoms with Gasteiger partial charge in [-0.2, -0.15) is 4.57 Å². The summed E-state index contributed by atoms with van der Waals surface area (Å²) in [5.41, 5.74) is 0.368. The SMILES string of the molecule is Oc1cc(-[n+]2ccccc2)c(O)c(Cl)c1Cl. The average molecular weight is 257 g/mol. The van der Waals surface area contributed by atoms with Crippen molar-refractivity contribution in [1.29, 1.82) is 0 Å². The number of pyridine rings is 1. The zero-order chi connectivity index (χ0) is 11.7. The Morgan fingerprint density at radius 2 is 1.56 bits per heavy atom. The van der Waals surface area contributed by atoms with Crippen molar-refractivity contribution < 1.29 is 14.8 Å². The number of phenolic OH excluding ortho intramolecular Hbond substituents is 2. The molecule has 1 aromatic heterocycles. The molecule has 0 aliphatic rings. The summed E-state index contributed by atoms with van der Waals surface area (Å²) in [5, 5.41) is 19.2. The van der Waals surface area contributed by atoms with E-state index in [9.17, 15) is 10.2 Å². The molecule has 3 nitrogen and oxygen atoms in total. The van der Waals surface area contributed by atoms with Crippen LogP contribution in [0, 0.1) is 0 Å².